The molecule has 1 atom stereocenters. The van der Waals surface area contributed by atoms with Crippen LogP contribution in [-0.4, -0.2) is 6.16 Å². The molecule has 0 bridgehead atoms. The van der Waals surface area contributed by atoms with Crippen LogP contribution in [-0.2, 0) is 0 Å². The summed E-state index contributed by atoms with van der Waals surface area (Å²) < 4.78 is 3.74. The highest BCUT2D eigenvalue weighted by atomic mass is 31.1. The molecule has 0 rings (SSSR count). The quantitative estimate of drug-likeness (QED) is 0.454. The highest BCUT2D eigenvalue weighted by Crippen LogP contribution is 2.00. The largest absolute Gasteiger partial charge is 0.252 e. The van der Waals surface area contributed by atoms with E-state index < -0.39 is 0 Å². The summed E-state index contributed by atoms with van der Waals surface area (Å²) in [6, 6.07) is 0. The summed E-state index contributed by atoms with van der Waals surface area (Å²) in [5.74, 6) is 0. The van der Waals surface area contributed by atoms with E-state index in [2.05, 4.69) is 20.8 Å². The zero-order valence-corrected chi connectivity index (χ0v) is 5.23. The van der Waals surface area contributed by atoms with Crippen molar-refractivity contribution in [2.24, 2.45) is 4.52 Å². The number of hydrogen-bond acceptors (Lipinski definition) is 1. The maximum atomic E-state index is 3.74. The van der Waals surface area contributed by atoms with Crippen LogP contribution >= 0.6 is 17.8 Å². The van der Waals surface area contributed by atoms with E-state index in [0.717, 1.165) is 6.16 Å². The molecule has 0 saturated heterocycles. The molecular formula is C2H7NP2. The Hall–Kier alpha value is 0.530. The smallest absolute Gasteiger partial charge is 0.00644 e. The van der Waals surface area contributed by atoms with E-state index in [4.69, 9.17) is 0 Å². The molecule has 0 saturated carbocycles. The standard InChI is InChI=1S/C2H7NP2/c1-2-5-3-4/h2,4H2,1H3. The van der Waals surface area contributed by atoms with E-state index in [1.54, 1.807) is 0 Å². The number of hydrogen-bond donors (Lipinski definition) is 0. The molecule has 0 aromatic heterocycles. The third-order valence-electron chi connectivity index (χ3n) is 0.223. The predicted molar refractivity (Wildman–Crippen MR) is 29.6 cm³/mol. The van der Waals surface area contributed by atoms with Gasteiger partial charge in [-0.05, 0) is 9.39 Å². The van der Waals surface area contributed by atoms with Gasteiger partial charge in [0.15, 0.2) is 0 Å². The molecule has 1 nitrogen and oxygen atoms in total. The maximum absolute atomic E-state index is 3.74. The van der Waals surface area contributed by atoms with Crippen LogP contribution in [0.15, 0.2) is 4.52 Å². The van der Waals surface area contributed by atoms with Gasteiger partial charge in [0.25, 0.3) is 0 Å². The lowest BCUT2D eigenvalue weighted by molar-refractivity contribution is 1.52. The number of rotatable bonds is 1. The van der Waals surface area contributed by atoms with Gasteiger partial charge >= 0.3 is 0 Å². The fourth-order valence-corrected chi connectivity index (χ4v) is 0.735. The molecule has 0 aliphatic heterocycles. The second-order valence-corrected chi connectivity index (χ2v) is 2.41. The molecule has 0 amide bonds. The molecule has 0 fully saturated rings. The van der Waals surface area contributed by atoms with Gasteiger partial charge in [0.05, 0.1) is 0 Å². The summed E-state index contributed by atoms with van der Waals surface area (Å²) in [7, 11) is 3.48. The first kappa shape index (κ1) is 5.53. The monoisotopic (exact) mass is 107 g/mol. The molecule has 5 heavy (non-hydrogen) atoms. The van der Waals surface area contributed by atoms with E-state index in [-0.39, 0.29) is 0 Å². The molecule has 0 radical (unpaired) electrons. The maximum Gasteiger partial charge on any atom is 0.00644 e. The van der Waals surface area contributed by atoms with E-state index in [1.807, 2.05) is 0 Å². The summed E-state index contributed by atoms with van der Waals surface area (Å²) in [4.78, 5) is 0. The Morgan fingerprint density at radius 2 is 2.60 bits per heavy atom. The third-order valence-corrected chi connectivity index (χ3v) is 1.16. The summed E-state index contributed by atoms with van der Waals surface area (Å²) in [6.07, 6.45) is 1.13. The Morgan fingerprint density at radius 3 is 2.60 bits per heavy atom. The summed E-state index contributed by atoms with van der Waals surface area (Å²) in [6.45, 7) is 2.09. The van der Waals surface area contributed by atoms with Crippen LogP contribution in [0.2, 0.25) is 0 Å². The van der Waals surface area contributed by atoms with Crippen LogP contribution in [0.3, 0.4) is 0 Å². The highest BCUT2D eigenvalue weighted by molar-refractivity contribution is 7.34. The van der Waals surface area contributed by atoms with E-state index in [9.17, 15) is 0 Å². The minimum atomic E-state index is 1.13. The zero-order valence-electron chi connectivity index (χ0n) is 3.18. The first-order valence-corrected chi connectivity index (χ1v) is 3.03. The van der Waals surface area contributed by atoms with Crippen LogP contribution < -0.4 is 0 Å². The minimum absolute atomic E-state index is 1.13. The van der Waals surface area contributed by atoms with Crippen molar-refractivity contribution >= 4 is 17.8 Å². The Morgan fingerprint density at radius 1 is 2.00 bits per heavy atom. The average molecular weight is 107 g/mol. The molecule has 0 N–H and O–H groups in total. The van der Waals surface area contributed by atoms with Crippen LogP contribution in [0, 0.1) is 0 Å². The van der Waals surface area contributed by atoms with Crippen molar-refractivity contribution in [3.05, 3.63) is 0 Å². The second-order valence-electron chi connectivity index (χ2n) is 0.573. The lowest BCUT2D eigenvalue weighted by atomic mass is 11.0. The van der Waals surface area contributed by atoms with Gasteiger partial charge in [-0.15, -0.1) is 0 Å². The Kier molecular flexibility index (Phi) is 5.01. The molecule has 3 heteroatoms. The van der Waals surface area contributed by atoms with Crippen molar-refractivity contribution < 1.29 is 0 Å². The van der Waals surface area contributed by atoms with Crippen molar-refractivity contribution in [3.8, 4) is 0 Å². The normalized spacial score (nSPS) is 10.0. The van der Waals surface area contributed by atoms with Crippen LogP contribution in [0.4, 0.5) is 0 Å². The van der Waals surface area contributed by atoms with Crippen LogP contribution in [0.25, 0.3) is 0 Å². The van der Waals surface area contributed by atoms with Crippen LogP contribution in [0.1, 0.15) is 6.92 Å². The van der Waals surface area contributed by atoms with Crippen LogP contribution in [0.5, 0.6) is 0 Å². The third kappa shape index (κ3) is 4.53. The van der Waals surface area contributed by atoms with Crippen molar-refractivity contribution in [2.45, 2.75) is 6.92 Å². The van der Waals surface area contributed by atoms with E-state index >= 15 is 0 Å². The molecule has 0 aliphatic rings. The van der Waals surface area contributed by atoms with Crippen molar-refractivity contribution in [1.82, 2.24) is 0 Å². The van der Waals surface area contributed by atoms with Gasteiger partial charge < -0.3 is 0 Å². The van der Waals surface area contributed by atoms with Crippen molar-refractivity contribution in [1.29, 1.82) is 0 Å². The van der Waals surface area contributed by atoms with Gasteiger partial charge in [-0.25, -0.2) is 0 Å². The topological polar surface area (TPSA) is 12.4 Å². The SMILES string of the molecule is CC/P=N/P. The van der Waals surface area contributed by atoms with Crippen molar-refractivity contribution in [2.75, 3.05) is 6.16 Å². The van der Waals surface area contributed by atoms with Gasteiger partial charge in [0, 0.05) is 14.5 Å². The van der Waals surface area contributed by atoms with Gasteiger partial charge in [0.2, 0.25) is 0 Å². The molecular weight excluding hydrogens is 100.0 g/mol. The summed E-state index contributed by atoms with van der Waals surface area (Å²) in [5, 5.41) is 0. The predicted octanol–water partition coefficient (Wildman–Crippen LogP) is 1.93. The molecule has 0 aromatic carbocycles. The fourth-order valence-electron chi connectivity index (χ4n) is 0.0816. The molecule has 0 aliphatic carbocycles. The van der Waals surface area contributed by atoms with E-state index in [1.165, 1.54) is 8.37 Å². The van der Waals surface area contributed by atoms with Gasteiger partial charge in [0.1, 0.15) is 0 Å². The fraction of sp³-hybridized carbons (Fsp3) is 1.00. The first-order chi connectivity index (χ1) is 2.41. The summed E-state index contributed by atoms with van der Waals surface area (Å²) >= 11 is 0. The Labute approximate surface area is 36.3 Å². The lowest BCUT2D eigenvalue weighted by Gasteiger charge is -1.64. The average Bonchev–Trinajstić information content (AvgIpc) is 1.41. The van der Waals surface area contributed by atoms with Crippen molar-refractivity contribution in [3.63, 3.8) is 0 Å². The first-order valence-electron chi connectivity index (χ1n) is 1.48. The van der Waals surface area contributed by atoms with Gasteiger partial charge in [-0.2, -0.15) is 0 Å². The van der Waals surface area contributed by atoms with Gasteiger partial charge in [-0.1, -0.05) is 6.92 Å². The summed E-state index contributed by atoms with van der Waals surface area (Å²) in [5.41, 5.74) is 0. The second kappa shape index (κ2) is 4.53. The Bertz CT molecular complexity index is 34.6. The number of nitrogens with zero attached hydrogens (tertiary/aromatic N) is 1. The molecule has 0 spiro atoms. The molecule has 30 valence electrons. The minimum Gasteiger partial charge on any atom is -0.252 e. The highest BCUT2D eigenvalue weighted by Gasteiger charge is 1.54. The molecule has 1 unspecified atom stereocenters. The van der Waals surface area contributed by atoms with Gasteiger partial charge in [-0.3, -0.25) is 4.52 Å². The molecule has 0 heterocycles. The lowest BCUT2D eigenvalue weighted by Crippen LogP contribution is -1.40. The molecule has 0 aromatic rings. The Balaban J connectivity index is 2.62. The zero-order chi connectivity index (χ0) is 4.12. The van der Waals surface area contributed by atoms with E-state index in [0.29, 0.717) is 0 Å².